The SMILES string of the molecule is COC(=O)c1cc(NCc2cccc(-c3cnn(C)c3)c2)ccc1[N+](=O)[O-]. The van der Waals surface area contributed by atoms with Crippen molar-refractivity contribution >= 4 is 17.3 Å². The van der Waals surface area contributed by atoms with Crippen LogP contribution < -0.4 is 5.32 Å². The minimum Gasteiger partial charge on any atom is -0.465 e. The summed E-state index contributed by atoms with van der Waals surface area (Å²) in [7, 11) is 3.05. The molecule has 0 aliphatic heterocycles. The molecule has 0 saturated carbocycles. The third-order valence-electron chi connectivity index (χ3n) is 4.06. The number of ether oxygens (including phenoxy) is 1. The van der Waals surface area contributed by atoms with Gasteiger partial charge in [0.15, 0.2) is 0 Å². The Balaban J connectivity index is 1.79. The first-order valence-electron chi connectivity index (χ1n) is 8.16. The summed E-state index contributed by atoms with van der Waals surface area (Å²) in [6.07, 6.45) is 3.73. The van der Waals surface area contributed by atoms with Gasteiger partial charge < -0.3 is 10.1 Å². The predicted molar refractivity (Wildman–Crippen MR) is 100 cm³/mol. The molecule has 0 aliphatic carbocycles. The lowest BCUT2D eigenvalue weighted by Gasteiger charge is -2.09. The maximum Gasteiger partial charge on any atom is 0.344 e. The van der Waals surface area contributed by atoms with E-state index < -0.39 is 10.9 Å². The first-order valence-corrected chi connectivity index (χ1v) is 8.16. The van der Waals surface area contributed by atoms with E-state index in [0.29, 0.717) is 12.2 Å². The van der Waals surface area contributed by atoms with Crippen molar-refractivity contribution in [2.75, 3.05) is 12.4 Å². The van der Waals surface area contributed by atoms with E-state index in [1.165, 1.54) is 19.2 Å². The van der Waals surface area contributed by atoms with Gasteiger partial charge in [-0.1, -0.05) is 18.2 Å². The van der Waals surface area contributed by atoms with E-state index in [1.807, 2.05) is 37.5 Å². The Morgan fingerprint density at radius 2 is 2.07 bits per heavy atom. The number of nitrogens with one attached hydrogen (secondary N) is 1. The van der Waals surface area contributed by atoms with E-state index in [-0.39, 0.29) is 11.3 Å². The zero-order valence-corrected chi connectivity index (χ0v) is 14.9. The van der Waals surface area contributed by atoms with Gasteiger partial charge in [0.05, 0.1) is 18.2 Å². The van der Waals surface area contributed by atoms with Crippen LogP contribution in [0.25, 0.3) is 11.1 Å². The van der Waals surface area contributed by atoms with Crippen molar-refractivity contribution in [3.8, 4) is 11.1 Å². The Bertz CT molecular complexity index is 997. The minimum absolute atomic E-state index is 0.0865. The third-order valence-corrected chi connectivity index (χ3v) is 4.06. The first kappa shape index (κ1) is 18.1. The number of rotatable bonds is 6. The topological polar surface area (TPSA) is 99.3 Å². The summed E-state index contributed by atoms with van der Waals surface area (Å²) in [4.78, 5) is 22.3. The number of methoxy groups -OCH3 is 1. The highest BCUT2D eigenvalue weighted by molar-refractivity contribution is 5.95. The summed E-state index contributed by atoms with van der Waals surface area (Å²) in [6.45, 7) is 0.493. The van der Waals surface area contributed by atoms with E-state index in [9.17, 15) is 14.9 Å². The van der Waals surface area contributed by atoms with Crippen molar-refractivity contribution in [1.82, 2.24) is 9.78 Å². The number of carbonyl (C=O) groups is 1. The molecule has 0 saturated heterocycles. The molecule has 8 nitrogen and oxygen atoms in total. The zero-order valence-electron chi connectivity index (χ0n) is 14.9. The van der Waals surface area contributed by atoms with Crippen LogP contribution >= 0.6 is 0 Å². The molecule has 1 N–H and O–H groups in total. The normalized spacial score (nSPS) is 10.4. The van der Waals surface area contributed by atoms with Crippen molar-refractivity contribution in [2.45, 2.75) is 6.54 Å². The molecule has 0 bridgehead atoms. The van der Waals surface area contributed by atoms with Gasteiger partial charge >= 0.3 is 5.97 Å². The number of anilines is 1. The summed E-state index contributed by atoms with van der Waals surface area (Å²) >= 11 is 0. The van der Waals surface area contributed by atoms with Crippen molar-refractivity contribution < 1.29 is 14.5 Å². The molecule has 0 amide bonds. The van der Waals surface area contributed by atoms with Crippen LogP contribution in [-0.2, 0) is 18.3 Å². The number of nitro groups is 1. The monoisotopic (exact) mass is 366 g/mol. The second-order valence-corrected chi connectivity index (χ2v) is 5.94. The van der Waals surface area contributed by atoms with Gasteiger partial charge in [0, 0.05) is 37.1 Å². The van der Waals surface area contributed by atoms with Crippen molar-refractivity contribution in [2.24, 2.45) is 7.05 Å². The van der Waals surface area contributed by atoms with Crippen LogP contribution in [0.15, 0.2) is 54.9 Å². The lowest BCUT2D eigenvalue weighted by molar-refractivity contribution is -0.385. The molecule has 1 heterocycles. The Morgan fingerprint density at radius 3 is 2.74 bits per heavy atom. The predicted octanol–water partition coefficient (Wildman–Crippen LogP) is 3.39. The summed E-state index contributed by atoms with van der Waals surface area (Å²) in [5.41, 5.74) is 3.30. The van der Waals surface area contributed by atoms with E-state index in [1.54, 1.807) is 16.9 Å². The number of aryl methyl sites for hydroxylation is 1. The number of esters is 1. The van der Waals surface area contributed by atoms with Crippen LogP contribution in [0, 0.1) is 10.1 Å². The van der Waals surface area contributed by atoms with Crippen LogP contribution in [-0.4, -0.2) is 27.8 Å². The highest BCUT2D eigenvalue weighted by Gasteiger charge is 2.21. The van der Waals surface area contributed by atoms with E-state index in [4.69, 9.17) is 0 Å². The molecule has 8 heteroatoms. The van der Waals surface area contributed by atoms with Crippen molar-refractivity contribution in [3.63, 3.8) is 0 Å². The van der Waals surface area contributed by atoms with Crippen LogP contribution in [0.2, 0.25) is 0 Å². The largest absolute Gasteiger partial charge is 0.465 e. The lowest BCUT2D eigenvalue weighted by atomic mass is 10.1. The average molecular weight is 366 g/mol. The summed E-state index contributed by atoms with van der Waals surface area (Å²) in [6, 6.07) is 12.2. The van der Waals surface area contributed by atoms with Crippen LogP contribution in [0.5, 0.6) is 0 Å². The van der Waals surface area contributed by atoms with E-state index in [0.717, 1.165) is 16.7 Å². The molecule has 3 rings (SSSR count). The number of aromatic nitrogens is 2. The van der Waals surface area contributed by atoms with E-state index >= 15 is 0 Å². The summed E-state index contributed by atoms with van der Waals surface area (Å²) in [5, 5.41) is 18.4. The minimum atomic E-state index is -0.746. The molecule has 138 valence electrons. The molecule has 1 aromatic heterocycles. The van der Waals surface area contributed by atoms with Crippen molar-refractivity contribution in [3.05, 3.63) is 76.1 Å². The molecule has 0 atom stereocenters. The van der Waals surface area contributed by atoms with Crippen molar-refractivity contribution in [1.29, 1.82) is 0 Å². The number of hydrogen-bond acceptors (Lipinski definition) is 6. The molecule has 0 fully saturated rings. The van der Waals surface area contributed by atoms with Gasteiger partial charge in [0.25, 0.3) is 5.69 Å². The third kappa shape index (κ3) is 4.12. The fraction of sp³-hybridized carbons (Fsp3) is 0.158. The highest BCUT2D eigenvalue weighted by atomic mass is 16.6. The lowest BCUT2D eigenvalue weighted by Crippen LogP contribution is -2.07. The molecule has 0 unspecified atom stereocenters. The highest BCUT2D eigenvalue weighted by Crippen LogP contribution is 2.24. The number of carbonyl (C=O) groups excluding carboxylic acids is 1. The quantitative estimate of drug-likeness (QED) is 0.408. The Labute approximate surface area is 155 Å². The van der Waals surface area contributed by atoms with Crippen LogP contribution in [0.1, 0.15) is 15.9 Å². The number of nitrogens with zero attached hydrogens (tertiary/aromatic N) is 3. The Hall–Kier alpha value is -3.68. The van der Waals surface area contributed by atoms with Crippen LogP contribution in [0.3, 0.4) is 0 Å². The molecule has 27 heavy (non-hydrogen) atoms. The maximum absolute atomic E-state index is 11.8. The molecule has 0 aliphatic rings. The standard InChI is InChI=1S/C19H18N4O4/c1-22-12-15(11-21-22)14-5-3-4-13(8-14)10-20-16-6-7-18(23(25)26)17(9-16)19(24)27-2/h3-9,11-12,20H,10H2,1-2H3. The Morgan fingerprint density at radius 1 is 1.26 bits per heavy atom. The molecular formula is C19H18N4O4. The summed E-state index contributed by atoms with van der Waals surface area (Å²) < 4.78 is 6.37. The number of benzene rings is 2. The Kier molecular flexibility index (Phi) is 5.16. The molecule has 3 aromatic rings. The first-order chi connectivity index (χ1) is 13.0. The van der Waals surface area contributed by atoms with Gasteiger partial charge in [0.2, 0.25) is 0 Å². The van der Waals surface area contributed by atoms with Gasteiger partial charge in [-0.2, -0.15) is 5.10 Å². The van der Waals surface area contributed by atoms with Crippen LogP contribution in [0.4, 0.5) is 11.4 Å². The zero-order chi connectivity index (χ0) is 19.4. The maximum atomic E-state index is 11.8. The molecule has 0 spiro atoms. The second kappa shape index (κ2) is 7.69. The molecular weight excluding hydrogens is 348 g/mol. The van der Waals surface area contributed by atoms with Gasteiger partial charge in [-0.25, -0.2) is 4.79 Å². The van der Waals surface area contributed by atoms with Gasteiger partial charge in [-0.15, -0.1) is 0 Å². The van der Waals surface area contributed by atoms with Gasteiger partial charge in [-0.05, 0) is 29.3 Å². The second-order valence-electron chi connectivity index (χ2n) is 5.94. The average Bonchev–Trinajstić information content (AvgIpc) is 3.12. The van der Waals surface area contributed by atoms with E-state index in [2.05, 4.69) is 15.2 Å². The number of nitro benzene ring substituents is 1. The molecule has 2 aromatic carbocycles. The fourth-order valence-corrected chi connectivity index (χ4v) is 2.71. The smallest absolute Gasteiger partial charge is 0.344 e. The summed E-state index contributed by atoms with van der Waals surface area (Å²) in [5.74, 6) is -0.746. The fourth-order valence-electron chi connectivity index (χ4n) is 2.71. The molecule has 0 radical (unpaired) electrons. The van der Waals surface area contributed by atoms with Gasteiger partial charge in [-0.3, -0.25) is 14.8 Å². The van der Waals surface area contributed by atoms with Gasteiger partial charge in [0.1, 0.15) is 5.56 Å². The number of hydrogen-bond donors (Lipinski definition) is 1.